The second-order valence-corrected chi connectivity index (χ2v) is 7.10. The summed E-state index contributed by atoms with van der Waals surface area (Å²) in [5.74, 6) is 0.359. The predicted molar refractivity (Wildman–Crippen MR) is 74.7 cm³/mol. The van der Waals surface area contributed by atoms with Gasteiger partial charge in [-0.25, -0.2) is 13.1 Å². The first-order valence-electron chi connectivity index (χ1n) is 6.34. The highest BCUT2D eigenvalue weighted by Gasteiger charge is 2.29. The van der Waals surface area contributed by atoms with E-state index in [9.17, 15) is 13.5 Å². The van der Waals surface area contributed by atoms with Crippen molar-refractivity contribution in [1.82, 2.24) is 4.72 Å². The highest BCUT2D eigenvalue weighted by atomic mass is 35.5. The van der Waals surface area contributed by atoms with Crippen LogP contribution in [0.4, 0.5) is 0 Å². The van der Waals surface area contributed by atoms with E-state index in [0.717, 1.165) is 12.8 Å². The lowest BCUT2D eigenvalue weighted by atomic mass is 10.2. The van der Waals surface area contributed by atoms with Crippen molar-refractivity contribution in [2.45, 2.75) is 37.2 Å². The van der Waals surface area contributed by atoms with E-state index in [0.29, 0.717) is 22.9 Å². The van der Waals surface area contributed by atoms with E-state index in [1.807, 2.05) is 0 Å². The molecule has 0 bridgehead atoms. The van der Waals surface area contributed by atoms with E-state index in [1.54, 1.807) is 19.1 Å². The monoisotopic (exact) mass is 303 g/mol. The molecule has 0 saturated heterocycles. The van der Waals surface area contributed by atoms with Crippen molar-refractivity contribution in [2.24, 2.45) is 5.92 Å². The molecule has 106 valence electrons. The summed E-state index contributed by atoms with van der Waals surface area (Å²) in [4.78, 5) is 0.195. The minimum Gasteiger partial charge on any atom is -0.393 e. The molecule has 1 saturated carbocycles. The quantitative estimate of drug-likeness (QED) is 0.845. The third kappa shape index (κ3) is 3.69. The van der Waals surface area contributed by atoms with Crippen molar-refractivity contribution in [3.8, 4) is 0 Å². The molecule has 1 atom stereocenters. The minimum absolute atomic E-state index is 0.195. The van der Waals surface area contributed by atoms with Gasteiger partial charge in [0.15, 0.2) is 0 Å². The van der Waals surface area contributed by atoms with Crippen LogP contribution in [-0.4, -0.2) is 26.2 Å². The molecule has 6 heteroatoms. The fourth-order valence-electron chi connectivity index (χ4n) is 2.01. The summed E-state index contributed by atoms with van der Waals surface area (Å²) in [5, 5.41) is 10.1. The standard InChI is InChI=1S/C13H18ClNO3S/c1-9-11(14)3-2-4-13(9)19(17,18)15-8-7-12(16)10-5-6-10/h2-4,10,12,15-16H,5-8H2,1H3/t12-/m1/s1. The van der Waals surface area contributed by atoms with Gasteiger partial charge in [-0.2, -0.15) is 0 Å². The molecule has 0 radical (unpaired) electrons. The zero-order valence-corrected chi connectivity index (χ0v) is 12.3. The number of aliphatic hydroxyl groups excluding tert-OH is 1. The van der Waals surface area contributed by atoms with Crippen LogP contribution in [0.2, 0.25) is 5.02 Å². The summed E-state index contributed by atoms with van der Waals surface area (Å²) in [7, 11) is -3.56. The first-order chi connectivity index (χ1) is 8.92. The summed E-state index contributed by atoms with van der Waals surface area (Å²) < 4.78 is 26.8. The topological polar surface area (TPSA) is 66.4 Å². The van der Waals surface area contributed by atoms with Gasteiger partial charge in [0.25, 0.3) is 0 Å². The van der Waals surface area contributed by atoms with Crippen LogP contribution in [0.3, 0.4) is 0 Å². The fourth-order valence-corrected chi connectivity index (χ4v) is 3.56. The largest absolute Gasteiger partial charge is 0.393 e. The molecular formula is C13H18ClNO3S. The maximum absolute atomic E-state index is 12.1. The van der Waals surface area contributed by atoms with E-state index in [2.05, 4.69) is 4.72 Å². The smallest absolute Gasteiger partial charge is 0.240 e. The summed E-state index contributed by atoms with van der Waals surface area (Å²) in [5.41, 5.74) is 0.541. The van der Waals surface area contributed by atoms with Gasteiger partial charge in [0.05, 0.1) is 11.0 Å². The molecule has 1 aliphatic carbocycles. The van der Waals surface area contributed by atoms with Crippen LogP contribution >= 0.6 is 11.6 Å². The molecule has 0 heterocycles. The van der Waals surface area contributed by atoms with E-state index in [1.165, 1.54) is 6.07 Å². The molecule has 1 aromatic rings. The normalized spacial score (nSPS) is 17.4. The predicted octanol–water partition coefficient (Wildman–Crippen LogP) is 2.09. The van der Waals surface area contributed by atoms with Gasteiger partial charge < -0.3 is 5.11 Å². The van der Waals surface area contributed by atoms with Crippen molar-refractivity contribution in [2.75, 3.05) is 6.54 Å². The summed E-state index contributed by atoms with van der Waals surface area (Å²) in [6.07, 6.45) is 2.13. The highest BCUT2D eigenvalue weighted by molar-refractivity contribution is 7.89. The number of rotatable bonds is 6. The molecule has 19 heavy (non-hydrogen) atoms. The number of hydrogen-bond acceptors (Lipinski definition) is 3. The summed E-state index contributed by atoms with van der Waals surface area (Å²) >= 11 is 5.92. The number of nitrogens with one attached hydrogen (secondary N) is 1. The van der Waals surface area contributed by atoms with Crippen LogP contribution in [0.25, 0.3) is 0 Å². The van der Waals surface area contributed by atoms with Gasteiger partial charge in [0.2, 0.25) is 10.0 Å². The van der Waals surface area contributed by atoms with Crippen molar-refractivity contribution >= 4 is 21.6 Å². The Bertz CT molecular complexity index is 555. The van der Waals surface area contributed by atoms with Crippen LogP contribution in [-0.2, 0) is 10.0 Å². The average Bonchev–Trinajstić information content (AvgIpc) is 3.16. The van der Waals surface area contributed by atoms with Gasteiger partial charge >= 0.3 is 0 Å². The first kappa shape index (κ1) is 14.8. The van der Waals surface area contributed by atoms with E-state index in [4.69, 9.17) is 11.6 Å². The Hall–Kier alpha value is -0.620. The number of hydrogen-bond donors (Lipinski definition) is 2. The van der Waals surface area contributed by atoms with Crippen LogP contribution in [0, 0.1) is 12.8 Å². The maximum Gasteiger partial charge on any atom is 0.240 e. The Balaban J connectivity index is 1.99. The van der Waals surface area contributed by atoms with Crippen LogP contribution in [0.1, 0.15) is 24.8 Å². The van der Waals surface area contributed by atoms with Crippen LogP contribution < -0.4 is 4.72 Å². The third-order valence-corrected chi connectivity index (χ3v) is 5.42. The van der Waals surface area contributed by atoms with E-state index in [-0.39, 0.29) is 11.4 Å². The molecule has 0 spiro atoms. The van der Waals surface area contributed by atoms with Gasteiger partial charge in [-0.1, -0.05) is 17.7 Å². The molecule has 0 aliphatic heterocycles. The zero-order chi connectivity index (χ0) is 14.0. The lowest BCUT2D eigenvalue weighted by Crippen LogP contribution is -2.28. The zero-order valence-electron chi connectivity index (χ0n) is 10.8. The van der Waals surface area contributed by atoms with Gasteiger partial charge in [0, 0.05) is 11.6 Å². The van der Waals surface area contributed by atoms with Crippen molar-refractivity contribution in [3.05, 3.63) is 28.8 Å². The number of aliphatic hydroxyl groups is 1. The summed E-state index contributed by atoms with van der Waals surface area (Å²) in [6.45, 7) is 1.92. The van der Waals surface area contributed by atoms with Gasteiger partial charge in [-0.15, -0.1) is 0 Å². The van der Waals surface area contributed by atoms with Gasteiger partial charge in [0.1, 0.15) is 0 Å². The SMILES string of the molecule is Cc1c(Cl)cccc1S(=O)(=O)NCC[C@@H](O)C1CC1. The van der Waals surface area contributed by atoms with Gasteiger partial charge in [-0.05, 0) is 49.8 Å². The molecule has 0 aromatic heterocycles. The lowest BCUT2D eigenvalue weighted by molar-refractivity contribution is 0.143. The van der Waals surface area contributed by atoms with Crippen molar-refractivity contribution in [3.63, 3.8) is 0 Å². The molecule has 0 unspecified atom stereocenters. The number of benzene rings is 1. The Morgan fingerprint density at radius 2 is 2.16 bits per heavy atom. The molecule has 4 nitrogen and oxygen atoms in total. The lowest BCUT2D eigenvalue weighted by Gasteiger charge is -2.12. The molecule has 1 fully saturated rings. The number of sulfonamides is 1. The van der Waals surface area contributed by atoms with Crippen molar-refractivity contribution < 1.29 is 13.5 Å². The second-order valence-electron chi connectivity index (χ2n) is 4.95. The van der Waals surface area contributed by atoms with Crippen LogP contribution in [0.5, 0.6) is 0 Å². The molecule has 2 N–H and O–H groups in total. The molecule has 1 aliphatic rings. The Kier molecular flexibility index (Phi) is 4.50. The summed E-state index contributed by atoms with van der Waals surface area (Å²) in [6, 6.07) is 4.80. The van der Waals surface area contributed by atoms with Crippen molar-refractivity contribution in [1.29, 1.82) is 0 Å². The second kappa shape index (κ2) is 5.79. The Morgan fingerprint density at radius 1 is 1.47 bits per heavy atom. The maximum atomic E-state index is 12.1. The molecular weight excluding hydrogens is 286 g/mol. The van der Waals surface area contributed by atoms with Crippen LogP contribution in [0.15, 0.2) is 23.1 Å². The fraction of sp³-hybridized carbons (Fsp3) is 0.538. The highest BCUT2D eigenvalue weighted by Crippen LogP contribution is 2.33. The van der Waals surface area contributed by atoms with Gasteiger partial charge in [-0.3, -0.25) is 0 Å². The van der Waals surface area contributed by atoms with E-state index < -0.39 is 16.1 Å². The third-order valence-electron chi connectivity index (χ3n) is 3.41. The first-order valence-corrected chi connectivity index (χ1v) is 8.21. The minimum atomic E-state index is -3.56. The molecule has 0 amide bonds. The average molecular weight is 304 g/mol. The van der Waals surface area contributed by atoms with E-state index >= 15 is 0 Å². The molecule has 1 aromatic carbocycles. The molecule has 2 rings (SSSR count). The Labute approximate surface area is 118 Å². The Morgan fingerprint density at radius 3 is 2.79 bits per heavy atom. The number of halogens is 1.